The van der Waals surface area contributed by atoms with Crippen LogP contribution in [0.5, 0.6) is 0 Å². The van der Waals surface area contributed by atoms with E-state index in [1.54, 1.807) is 18.3 Å². The first-order valence-electron chi connectivity index (χ1n) is 8.16. The van der Waals surface area contributed by atoms with E-state index in [0.29, 0.717) is 5.56 Å². The molecule has 1 saturated heterocycles. The highest BCUT2D eigenvalue weighted by atomic mass is 15.3. The summed E-state index contributed by atoms with van der Waals surface area (Å²) in [4.78, 5) is 17.9. The Morgan fingerprint density at radius 3 is 2.67 bits per heavy atom. The Balaban J connectivity index is 1.72. The Morgan fingerprint density at radius 2 is 1.96 bits per heavy atom. The topological polar surface area (TPSA) is 81.0 Å². The molecule has 2 aromatic heterocycles. The summed E-state index contributed by atoms with van der Waals surface area (Å²) in [6.07, 6.45) is 1.73. The first-order valence-corrected chi connectivity index (χ1v) is 8.16. The Morgan fingerprint density at radius 1 is 1.21 bits per heavy atom. The van der Waals surface area contributed by atoms with Gasteiger partial charge in [-0.2, -0.15) is 10.2 Å². The van der Waals surface area contributed by atoms with E-state index in [4.69, 9.17) is 0 Å². The number of hydrogen-bond acceptors (Lipinski definition) is 7. The summed E-state index contributed by atoms with van der Waals surface area (Å²) in [5, 5.41) is 12.5. The Hall–Kier alpha value is -2.88. The van der Waals surface area contributed by atoms with Crippen LogP contribution in [0.3, 0.4) is 0 Å². The van der Waals surface area contributed by atoms with Crippen molar-refractivity contribution < 1.29 is 0 Å². The fourth-order valence-corrected chi connectivity index (χ4v) is 2.82. The third-order valence-electron chi connectivity index (χ3n) is 3.97. The second-order valence-electron chi connectivity index (χ2n) is 5.69. The minimum atomic E-state index is 0.618. The number of anilines is 3. The summed E-state index contributed by atoms with van der Waals surface area (Å²) in [5.41, 5.74) is 1.57. The molecule has 2 aromatic rings. The summed E-state index contributed by atoms with van der Waals surface area (Å²) in [6, 6.07) is 7.77. The molecule has 0 aromatic carbocycles. The molecule has 1 N–H and O–H groups in total. The average Bonchev–Trinajstić information content (AvgIpc) is 2.61. The molecule has 24 heavy (non-hydrogen) atoms. The van der Waals surface area contributed by atoms with Crippen molar-refractivity contribution in [2.45, 2.75) is 13.8 Å². The Bertz CT molecular complexity index is 745. The maximum Gasteiger partial charge on any atom is 0.227 e. The van der Waals surface area contributed by atoms with Crippen LogP contribution in [0.15, 0.2) is 24.4 Å². The van der Waals surface area contributed by atoms with E-state index in [9.17, 15) is 5.26 Å². The van der Waals surface area contributed by atoms with E-state index in [-0.39, 0.29) is 0 Å². The van der Waals surface area contributed by atoms with Gasteiger partial charge in [-0.1, -0.05) is 0 Å². The van der Waals surface area contributed by atoms with E-state index >= 15 is 0 Å². The Kier molecular flexibility index (Phi) is 4.75. The second-order valence-corrected chi connectivity index (χ2v) is 5.69. The summed E-state index contributed by atoms with van der Waals surface area (Å²) in [7, 11) is 0. The van der Waals surface area contributed by atoms with Gasteiger partial charge in [0, 0.05) is 50.7 Å². The highest BCUT2D eigenvalue weighted by molar-refractivity contribution is 5.54. The number of piperazine rings is 1. The molecule has 3 heterocycles. The van der Waals surface area contributed by atoms with Gasteiger partial charge in [-0.25, -0.2) is 9.97 Å². The quantitative estimate of drug-likeness (QED) is 0.919. The van der Waals surface area contributed by atoms with Crippen molar-refractivity contribution >= 4 is 17.6 Å². The zero-order chi connectivity index (χ0) is 16.9. The van der Waals surface area contributed by atoms with Gasteiger partial charge < -0.3 is 15.1 Å². The minimum absolute atomic E-state index is 0.618. The molecule has 7 heteroatoms. The molecule has 0 atom stereocenters. The highest BCUT2D eigenvalue weighted by Gasteiger charge is 2.22. The number of rotatable bonds is 4. The maximum atomic E-state index is 9.24. The first-order chi connectivity index (χ1) is 11.7. The lowest BCUT2D eigenvalue weighted by Gasteiger charge is -2.35. The maximum absolute atomic E-state index is 9.24. The fourth-order valence-electron chi connectivity index (χ4n) is 2.82. The van der Waals surface area contributed by atoms with E-state index in [2.05, 4.69) is 43.1 Å². The smallest absolute Gasteiger partial charge is 0.227 e. The highest BCUT2D eigenvalue weighted by Crippen LogP contribution is 2.20. The summed E-state index contributed by atoms with van der Waals surface area (Å²) in [5.74, 6) is 2.38. The molecule has 0 amide bonds. The van der Waals surface area contributed by atoms with Gasteiger partial charge >= 0.3 is 0 Å². The van der Waals surface area contributed by atoms with Crippen LogP contribution in [0.2, 0.25) is 0 Å². The number of aromatic nitrogens is 3. The van der Waals surface area contributed by atoms with E-state index in [1.807, 2.05) is 13.0 Å². The molecular formula is C17H21N7. The largest absolute Gasteiger partial charge is 0.370 e. The van der Waals surface area contributed by atoms with Gasteiger partial charge in [0.05, 0.1) is 5.56 Å². The van der Waals surface area contributed by atoms with Gasteiger partial charge in [0.1, 0.15) is 17.7 Å². The number of nitriles is 1. The number of aryl methyl sites for hydroxylation is 1. The van der Waals surface area contributed by atoms with Crippen LogP contribution in [0.1, 0.15) is 18.2 Å². The lowest BCUT2D eigenvalue weighted by molar-refractivity contribution is 0.633. The van der Waals surface area contributed by atoms with Crippen LogP contribution in [-0.4, -0.2) is 47.7 Å². The van der Waals surface area contributed by atoms with Crippen molar-refractivity contribution in [2.24, 2.45) is 0 Å². The van der Waals surface area contributed by atoms with Crippen LogP contribution in [-0.2, 0) is 0 Å². The standard InChI is InChI=1S/C17H21N7/c1-3-19-15-11-13(2)21-17(22-15)24-9-7-23(8-10-24)16-14(12-18)5-4-6-20-16/h4-6,11H,3,7-10H2,1-2H3,(H,19,21,22). The molecule has 7 nitrogen and oxygen atoms in total. The third-order valence-corrected chi connectivity index (χ3v) is 3.97. The van der Waals surface area contributed by atoms with E-state index in [1.165, 1.54) is 0 Å². The van der Waals surface area contributed by atoms with Crippen molar-refractivity contribution in [3.8, 4) is 6.07 Å². The normalized spacial score (nSPS) is 14.4. The number of pyridine rings is 1. The molecule has 3 rings (SSSR count). The molecule has 0 radical (unpaired) electrons. The van der Waals surface area contributed by atoms with Gasteiger partial charge in [-0.3, -0.25) is 0 Å². The zero-order valence-corrected chi connectivity index (χ0v) is 14.0. The van der Waals surface area contributed by atoms with Crippen molar-refractivity contribution in [1.82, 2.24) is 15.0 Å². The molecule has 0 unspecified atom stereocenters. The molecule has 0 aliphatic carbocycles. The molecule has 1 fully saturated rings. The van der Waals surface area contributed by atoms with Crippen molar-refractivity contribution in [1.29, 1.82) is 5.26 Å². The molecule has 0 bridgehead atoms. The first kappa shape index (κ1) is 16.0. The third kappa shape index (κ3) is 3.38. The van der Waals surface area contributed by atoms with Gasteiger partial charge in [-0.15, -0.1) is 0 Å². The van der Waals surface area contributed by atoms with Crippen LogP contribution in [0.25, 0.3) is 0 Å². The van der Waals surface area contributed by atoms with Crippen molar-refractivity contribution in [3.05, 3.63) is 35.7 Å². The molecule has 0 saturated carbocycles. The zero-order valence-electron chi connectivity index (χ0n) is 14.0. The number of nitrogens with zero attached hydrogens (tertiary/aromatic N) is 6. The molecular weight excluding hydrogens is 302 g/mol. The van der Waals surface area contributed by atoms with Crippen molar-refractivity contribution in [2.75, 3.05) is 47.8 Å². The van der Waals surface area contributed by atoms with E-state index < -0.39 is 0 Å². The monoisotopic (exact) mass is 323 g/mol. The molecule has 124 valence electrons. The predicted molar refractivity (Wildman–Crippen MR) is 94.3 cm³/mol. The van der Waals surface area contributed by atoms with Crippen LogP contribution in [0.4, 0.5) is 17.6 Å². The number of nitrogens with one attached hydrogen (secondary N) is 1. The minimum Gasteiger partial charge on any atom is -0.370 e. The second kappa shape index (κ2) is 7.13. The predicted octanol–water partition coefficient (Wildman–Crippen LogP) is 1.81. The molecule has 1 aliphatic heterocycles. The van der Waals surface area contributed by atoms with Crippen LogP contribution >= 0.6 is 0 Å². The lowest BCUT2D eigenvalue weighted by atomic mass is 10.2. The van der Waals surface area contributed by atoms with Gasteiger partial charge in [0.25, 0.3) is 0 Å². The lowest BCUT2D eigenvalue weighted by Crippen LogP contribution is -2.47. The van der Waals surface area contributed by atoms with Crippen molar-refractivity contribution in [3.63, 3.8) is 0 Å². The number of hydrogen-bond donors (Lipinski definition) is 1. The molecule has 0 spiro atoms. The summed E-state index contributed by atoms with van der Waals surface area (Å²) < 4.78 is 0. The SMILES string of the molecule is CCNc1cc(C)nc(N2CCN(c3ncccc3C#N)CC2)n1. The van der Waals surface area contributed by atoms with Crippen LogP contribution in [0, 0.1) is 18.3 Å². The van der Waals surface area contributed by atoms with Crippen LogP contribution < -0.4 is 15.1 Å². The van der Waals surface area contributed by atoms with Gasteiger partial charge in [0.2, 0.25) is 5.95 Å². The summed E-state index contributed by atoms with van der Waals surface area (Å²) >= 11 is 0. The average molecular weight is 323 g/mol. The fraction of sp³-hybridized carbons (Fsp3) is 0.412. The molecule has 1 aliphatic rings. The van der Waals surface area contributed by atoms with Gasteiger partial charge in [0.15, 0.2) is 0 Å². The van der Waals surface area contributed by atoms with Gasteiger partial charge in [-0.05, 0) is 26.0 Å². The summed E-state index contributed by atoms with van der Waals surface area (Å²) in [6.45, 7) is 8.05. The Labute approximate surface area is 142 Å². The van der Waals surface area contributed by atoms with E-state index in [0.717, 1.165) is 56.0 Å².